The molecule has 1 aliphatic heterocycles. The molecule has 0 saturated heterocycles. The number of halogens is 2. The number of amides is 2. The molecule has 0 saturated carbocycles. The maximum absolute atomic E-state index is 13.7. The molecule has 0 aliphatic carbocycles. The molecule has 0 bridgehead atoms. The maximum atomic E-state index is 13.7. The summed E-state index contributed by atoms with van der Waals surface area (Å²) in [6, 6.07) is 14.8. The quantitative estimate of drug-likeness (QED) is 0.354. The second-order valence-corrected chi connectivity index (χ2v) is 10.3. The minimum Gasteiger partial charge on any atom is -0.330 e. The topological polar surface area (TPSA) is 40.6 Å². The zero-order valence-corrected chi connectivity index (χ0v) is 21.7. The summed E-state index contributed by atoms with van der Waals surface area (Å²) < 4.78 is 0. The Morgan fingerprint density at radius 1 is 1.06 bits per heavy atom. The molecule has 0 fully saturated rings. The van der Waals surface area contributed by atoms with Crippen LogP contribution < -0.4 is 0 Å². The highest BCUT2D eigenvalue weighted by Gasteiger charge is 2.35. The average molecular weight is 516 g/mol. The number of carbonyl (C=O) groups is 2. The van der Waals surface area contributed by atoms with Gasteiger partial charge in [0.05, 0.1) is 6.04 Å². The van der Waals surface area contributed by atoms with Gasteiger partial charge in [-0.2, -0.15) is 0 Å². The van der Waals surface area contributed by atoms with Gasteiger partial charge in [0.25, 0.3) is 5.91 Å². The van der Waals surface area contributed by atoms with E-state index in [0.29, 0.717) is 28.7 Å². The van der Waals surface area contributed by atoms with Gasteiger partial charge in [0.2, 0.25) is 5.91 Å². The SMILES string of the molecule is CCCN(CC(=O)N1CCc2sccc2C1c1ccc(Cl)cc1Cl)C(=O)c1ccc(CC)cc1. The molecule has 178 valence electrons. The van der Waals surface area contributed by atoms with Gasteiger partial charge >= 0.3 is 0 Å². The van der Waals surface area contributed by atoms with Crippen molar-refractivity contribution in [1.82, 2.24) is 9.80 Å². The van der Waals surface area contributed by atoms with Crippen molar-refractivity contribution in [3.05, 3.63) is 91.1 Å². The second-order valence-electron chi connectivity index (χ2n) is 8.48. The molecule has 1 aromatic heterocycles. The number of fused-ring (bicyclic) bond motifs is 1. The monoisotopic (exact) mass is 514 g/mol. The van der Waals surface area contributed by atoms with Crippen molar-refractivity contribution in [2.24, 2.45) is 0 Å². The Morgan fingerprint density at radius 2 is 1.82 bits per heavy atom. The van der Waals surface area contributed by atoms with Gasteiger partial charge in [-0.05, 0) is 71.7 Å². The van der Waals surface area contributed by atoms with Gasteiger partial charge in [0, 0.05) is 33.6 Å². The third-order valence-corrected chi connectivity index (χ3v) is 7.82. The fourth-order valence-corrected chi connectivity index (χ4v) is 5.90. The van der Waals surface area contributed by atoms with Crippen LogP contribution in [0.2, 0.25) is 10.0 Å². The first-order valence-electron chi connectivity index (χ1n) is 11.6. The zero-order valence-electron chi connectivity index (χ0n) is 19.4. The molecule has 3 aromatic rings. The van der Waals surface area contributed by atoms with Crippen molar-refractivity contribution in [1.29, 1.82) is 0 Å². The predicted octanol–water partition coefficient (Wildman–Crippen LogP) is 6.64. The van der Waals surface area contributed by atoms with Crippen LogP contribution in [0, 0.1) is 0 Å². The molecule has 1 atom stereocenters. The van der Waals surface area contributed by atoms with Crippen LogP contribution in [0.25, 0.3) is 0 Å². The first-order chi connectivity index (χ1) is 16.4. The summed E-state index contributed by atoms with van der Waals surface area (Å²) in [6.07, 6.45) is 2.48. The van der Waals surface area contributed by atoms with Crippen LogP contribution in [-0.4, -0.2) is 41.2 Å². The fraction of sp³-hybridized carbons (Fsp3) is 0.333. The molecule has 2 amide bonds. The summed E-state index contributed by atoms with van der Waals surface area (Å²) >= 11 is 14.4. The largest absolute Gasteiger partial charge is 0.330 e. The number of nitrogens with zero attached hydrogens (tertiary/aromatic N) is 2. The molecular formula is C27H28Cl2N2O2S. The maximum Gasteiger partial charge on any atom is 0.254 e. The minimum atomic E-state index is -0.297. The van der Waals surface area contributed by atoms with Crippen LogP contribution in [0.5, 0.6) is 0 Å². The van der Waals surface area contributed by atoms with Gasteiger partial charge in [0.1, 0.15) is 6.54 Å². The molecule has 2 aromatic carbocycles. The van der Waals surface area contributed by atoms with E-state index in [2.05, 4.69) is 18.4 Å². The van der Waals surface area contributed by atoms with Gasteiger partial charge in [-0.1, -0.05) is 55.2 Å². The average Bonchev–Trinajstić information content (AvgIpc) is 3.32. The van der Waals surface area contributed by atoms with E-state index in [1.165, 1.54) is 10.4 Å². The Labute approximate surface area is 215 Å². The van der Waals surface area contributed by atoms with Crippen LogP contribution in [0.1, 0.15) is 58.2 Å². The van der Waals surface area contributed by atoms with Crippen molar-refractivity contribution in [3.8, 4) is 0 Å². The van der Waals surface area contributed by atoms with Crippen LogP contribution in [0.3, 0.4) is 0 Å². The Hall–Kier alpha value is -2.34. The number of aryl methyl sites for hydroxylation is 1. The number of benzene rings is 2. The Bertz CT molecular complexity index is 1180. The van der Waals surface area contributed by atoms with Gasteiger partial charge in [-0.25, -0.2) is 0 Å². The molecule has 0 spiro atoms. The highest BCUT2D eigenvalue weighted by atomic mass is 35.5. The third-order valence-electron chi connectivity index (χ3n) is 6.26. The van der Waals surface area contributed by atoms with Crippen LogP contribution >= 0.6 is 34.5 Å². The smallest absolute Gasteiger partial charge is 0.254 e. The standard InChI is InChI=1S/C27H28Cl2N2O2S/c1-3-13-30(27(33)19-7-5-18(4-2)6-8-19)17-25(32)31-14-11-24-22(12-15-34-24)26(31)21-10-9-20(28)16-23(21)29/h5-10,12,15-16,26H,3-4,11,13-14,17H2,1-2H3. The molecule has 4 rings (SSSR count). The number of hydrogen-bond donors (Lipinski definition) is 0. The molecular weight excluding hydrogens is 487 g/mol. The van der Waals surface area contributed by atoms with Crippen molar-refractivity contribution in [2.45, 2.75) is 39.2 Å². The molecule has 1 unspecified atom stereocenters. The number of carbonyl (C=O) groups excluding carboxylic acids is 2. The van der Waals surface area contributed by atoms with Gasteiger partial charge < -0.3 is 9.80 Å². The van der Waals surface area contributed by atoms with Gasteiger partial charge in [0.15, 0.2) is 0 Å². The lowest BCUT2D eigenvalue weighted by atomic mass is 9.93. The summed E-state index contributed by atoms with van der Waals surface area (Å²) in [7, 11) is 0. The van der Waals surface area contributed by atoms with Crippen molar-refractivity contribution >= 4 is 46.4 Å². The molecule has 7 heteroatoms. The third kappa shape index (κ3) is 5.17. The molecule has 2 heterocycles. The number of rotatable bonds is 7. The van der Waals surface area contributed by atoms with Crippen molar-refractivity contribution in [2.75, 3.05) is 19.6 Å². The first kappa shape index (κ1) is 24.8. The molecule has 1 aliphatic rings. The van der Waals surface area contributed by atoms with E-state index in [1.54, 1.807) is 28.4 Å². The summed E-state index contributed by atoms with van der Waals surface area (Å²) in [5, 5.41) is 3.15. The minimum absolute atomic E-state index is 0.0311. The summed E-state index contributed by atoms with van der Waals surface area (Å²) in [5.41, 5.74) is 3.73. The van der Waals surface area contributed by atoms with Crippen LogP contribution in [-0.2, 0) is 17.6 Å². The van der Waals surface area contributed by atoms with E-state index in [-0.39, 0.29) is 24.4 Å². The predicted molar refractivity (Wildman–Crippen MR) is 140 cm³/mol. The molecule has 0 radical (unpaired) electrons. The zero-order chi connectivity index (χ0) is 24.2. The number of thiophene rings is 1. The molecule has 0 N–H and O–H groups in total. The lowest BCUT2D eigenvalue weighted by Gasteiger charge is -2.38. The normalized spacial score (nSPS) is 15.2. The van der Waals surface area contributed by atoms with E-state index >= 15 is 0 Å². The highest BCUT2D eigenvalue weighted by Crippen LogP contribution is 2.41. The Morgan fingerprint density at radius 3 is 2.50 bits per heavy atom. The van der Waals surface area contributed by atoms with Gasteiger partial charge in [-0.15, -0.1) is 11.3 Å². The number of hydrogen-bond acceptors (Lipinski definition) is 3. The van der Waals surface area contributed by atoms with Crippen LogP contribution in [0.4, 0.5) is 0 Å². The van der Waals surface area contributed by atoms with Crippen LogP contribution in [0.15, 0.2) is 53.9 Å². The molecule has 4 nitrogen and oxygen atoms in total. The van der Waals surface area contributed by atoms with Gasteiger partial charge in [-0.3, -0.25) is 9.59 Å². The van der Waals surface area contributed by atoms with E-state index in [4.69, 9.17) is 23.2 Å². The lowest BCUT2D eigenvalue weighted by molar-refractivity contribution is -0.134. The second kappa shape index (κ2) is 10.9. The summed E-state index contributed by atoms with van der Waals surface area (Å²) in [5.74, 6) is -0.202. The fourth-order valence-electron chi connectivity index (χ4n) is 4.49. The summed E-state index contributed by atoms with van der Waals surface area (Å²) in [6.45, 7) is 5.22. The molecule has 34 heavy (non-hydrogen) atoms. The van der Waals surface area contributed by atoms with E-state index in [9.17, 15) is 9.59 Å². The van der Waals surface area contributed by atoms with Crippen molar-refractivity contribution < 1.29 is 9.59 Å². The van der Waals surface area contributed by atoms with E-state index in [0.717, 1.165) is 30.4 Å². The lowest BCUT2D eigenvalue weighted by Crippen LogP contribution is -2.47. The van der Waals surface area contributed by atoms with Crippen molar-refractivity contribution in [3.63, 3.8) is 0 Å². The van der Waals surface area contributed by atoms with E-state index in [1.807, 2.05) is 42.2 Å². The summed E-state index contributed by atoms with van der Waals surface area (Å²) in [4.78, 5) is 31.7. The Balaban J connectivity index is 1.61. The Kier molecular flexibility index (Phi) is 7.97. The van der Waals surface area contributed by atoms with E-state index < -0.39 is 0 Å². The first-order valence-corrected chi connectivity index (χ1v) is 13.2. The highest BCUT2D eigenvalue weighted by molar-refractivity contribution is 7.10.